The first-order valence-corrected chi connectivity index (χ1v) is 21.2. The maximum absolute atomic E-state index is 4.98. The molecule has 0 radical (unpaired) electrons. The first-order chi connectivity index (χ1) is 30.7. The summed E-state index contributed by atoms with van der Waals surface area (Å²) < 4.78 is 0. The van der Waals surface area contributed by atoms with Gasteiger partial charge >= 0.3 is 0 Å². The van der Waals surface area contributed by atoms with Gasteiger partial charge in [-0.05, 0) is 104 Å². The third kappa shape index (κ3) is 5.28. The number of nitrogens with zero attached hydrogens (tertiary/aromatic N) is 3. The molecule has 0 atom stereocenters. The zero-order valence-corrected chi connectivity index (χ0v) is 33.5. The lowest BCUT2D eigenvalue weighted by molar-refractivity contribution is 1.07. The summed E-state index contributed by atoms with van der Waals surface area (Å²) in [6, 6.07) is 76.7. The van der Waals surface area contributed by atoms with Gasteiger partial charge in [0, 0.05) is 16.7 Å². The molecule has 0 amide bonds. The summed E-state index contributed by atoms with van der Waals surface area (Å²) in [4.78, 5) is 14.9. The Kier molecular flexibility index (Phi) is 7.60. The summed E-state index contributed by atoms with van der Waals surface area (Å²) in [6.07, 6.45) is 0. The lowest BCUT2D eigenvalue weighted by Crippen LogP contribution is -2.00. The van der Waals surface area contributed by atoms with E-state index in [9.17, 15) is 0 Å². The Labute approximate surface area is 357 Å². The van der Waals surface area contributed by atoms with Crippen LogP contribution in [0.4, 0.5) is 0 Å². The average Bonchev–Trinajstić information content (AvgIpc) is 3.35. The molecule has 13 rings (SSSR count). The highest BCUT2D eigenvalue weighted by Crippen LogP contribution is 2.47. The van der Waals surface area contributed by atoms with Gasteiger partial charge < -0.3 is 0 Å². The molecule has 0 aliphatic rings. The predicted octanol–water partition coefficient (Wildman–Crippen LogP) is 15.7. The van der Waals surface area contributed by atoms with Gasteiger partial charge in [-0.1, -0.05) is 206 Å². The number of aromatic nitrogens is 3. The van der Waals surface area contributed by atoms with Gasteiger partial charge in [-0.3, -0.25) is 0 Å². The molecule has 1 heterocycles. The second-order valence-corrected chi connectivity index (χ2v) is 16.3. The van der Waals surface area contributed by atoms with Crippen LogP contribution in [-0.4, -0.2) is 15.0 Å². The minimum Gasteiger partial charge on any atom is -0.208 e. The number of hydrogen-bond donors (Lipinski definition) is 0. The zero-order chi connectivity index (χ0) is 40.7. The maximum Gasteiger partial charge on any atom is 0.164 e. The largest absolute Gasteiger partial charge is 0.208 e. The fourth-order valence-electron chi connectivity index (χ4n) is 10.0. The van der Waals surface area contributed by atoms with E-state index in [-0.39, 0.29) is 0 Å². The lowest BCUT2D eigenvalue weighted by atomic mass is 9.84. The Hall–Kier alpha value is -8.27. The van der Waals surface area contributed by atoms with Gasteiger partial charge in [0.1, 0.15) is 0 Å². The summed E-state index contributed by atoms with van der Waals surface area (Å²) in [6.45, 7) is 0. The van der Waals surface area contributed by atoms with Crippen molar-refractivity contribution in [3.63, 3.8) is 0 Å². The van der Waals surface area contributed by atoms with Crippen molar-refractivity contribution in [2.75, 3.05) is 0 Å². The highest BCUT2D eigenvalue weighted by molar-refractivity contribution is 6.38. The third-order valence-corrected chi connectivity index (χ3v) is 12.8. The molecule has 0 aliphatic carbocycles. The van der Waals surface area contributed by atoms with Gasteiger partial charge in [0.05, 0.1) is 0 Å². The van der Waals surface area contributed by atoms with Crippen LogP contribution in [0.15, 0.2) is 212 Å². The smallest absolute Gasteiger partial charge is 0.164 e. The van der Waals surface area contributed by atoms with Crippen LogP contribution in [0.25, 0.3) is 132 Å². The molecule has 0 N–H and O–H groups in total. The van der Waals surface area contributed by atoms with Crippen LogP contribution in [0.5, 0.6) is 0 Å². The monoisotopic (exact) mass is 785 g/mol. The number of benzene rings is 11. The van der Waals surface area contributed by atoms with E-state index >= 15 is 0 Å². The van der Waals surface area contributed by atoms with Crippen molar-refractivity contribution < 1.29 is 0 Å². The van der Waals surface area contributed by atoms with Crippen molar-refractivity contribution in [3.8, 4) is 56.4 Å². The SMILES string of the molecule is c1ccc(-c2nc(-c3ccccc3)nc(-c3ccc(-c4ccc(-c5cc6cccc7c8cccc9ccc%10cccc(c%11cccc5c%11c67)c%10c98)c5ccccc45)cc3)n2)cc1. The van der Waals surface area contributed by atoms with Crippen molar-refractivity contribution in [2.45, 2.75) is 0 Å². The van der Waals surface area contributed by atoms with Crippen molar-refractivity contribution >= 4 is 75.4 Å². The van der Waals surface area contributed by atoms with Crippen molar-refractivity contribution in [2.24, 2.45) is 0 Å². The second-order valence-electron chi connectivity index (χ2n) is 16.3. The highest BCUT2D eigenvalue weighted by Gasteiger charge is 2.20. The van der Waals surface area contributed by atoms with Crippen molar-refractivity contribution in [1.82, 2.24) is 15.0 Å². The summed E-state index contributed by atoms with van der Waals surface area (Å²) in [5.41, 5.74) is 7.62. The van der Waals surface area contributed by atoms with Gasteiger partial charge in [-0.2, -0.15) is 0 Å². The molecule has 0 fully saturated rings. The predicted molar refractivity (Wildman–Crippen MR) is 261 cm³/mol. The number of rotatable bonds is 5. The van der Waals surface area contributed by atoms with Gasteiger partial charge in [-0.25, -0.2) is 15.0 Å². The zero-order valence-electron chi connectivity index (χ0n) is 33.5. The lowest BCUT2D eigenvalue weighted by Gasteiger charge is -2.19. The number of hydrogen-bond acceptors (Lipinski definition) is 3. The van der Waals surface area contributed by atoms with E-state index in [0.717, 1.165) is 22.3 Å². The normalized spacial score (nSPS) is 11.9. The van der Waals surface area contributed by atoms with E-state index in [0.29, 0.717) is 17.5 Å². The first kappa shape index (κ1) is 34.6. The second kappa shape index (κ2) is 13.6. The van der Waals surface area contributed by atoms with Crippen LogP contribution in [0.2, 0.25) is 0 Å². The summed E-state index contributed by atoms with van der Waals surface area (Å²) >= 11 is 0. The van der Waals surface area contributed by atoms with Crippen molar-refractivity contribution in [3.05, 3.63) is 212 Å². The molecule has 12 aromatic carbocycles. The standard InChI is InChI=1S/C59H35N3/c1-3-13-39(14-4-1)57-60-58(40-15-5-2-6-16-40)62-59(61-57)41-31-27-36(28-32-41)43-33-34-46(45-21-8-7-20-44(43)45)52-35-42-19-11-24-48-47-22-9-17-37-29-30-38-18-10-23-49(54(38)53(37)47)50-25-12-26-51(52)56(50)55(42)48/h1-35H. The molecule has 3 nitrogen and oxygen atoms in total. The molecule has 0 spiro atoms. The van der Waals surface area contributed by atoms with Crippen LogP contribution in [0.3, 0.4) is 0 Å². The molecule has 13 aromatic rings. The summed E-state index contributed by atoms with van der Waals surface area (Å²) in [7, 11) is 0. The van der Waals surface area contributed by atoms with E-state index in [4.69, 9.17) is 15.0 Å². The van der Waals surface area contributed by atoms with E-state index in [2.05, 4.69) is 152 Å². The van der Waals surface area contributed by atoms with Crippen LogP contribution < -0.4 is 0 Å². The summed E-state index contributed by atoms with van der Waals surface area (Å²) in [5.74, 6) is 1.95. The minimum atomic E-state index is 0.645. The Morgan fingerprint density at radius 3 is 1.16 bits per heavy atom. The Balaban J connectivity index is 0.993. The van der Waals surface area contributed by atoms with Crippen LogP contribution >= 0.6 is 0 Å². The highest BCUT2D eigenvalue weighted by atomic mass is 15.0. The van der Waals surface area contributed by atoms with Gasteiger partial charge in [0.25, 0.3) is 0 Å². The van der Waals surface area contributed by atoms with Crippen molar-refractivity contribution in [1.29, 1.82) is 0 Å². The molecular formula is C59H35N3. The number of fused-ring (bicyclic) bond motifs is 3. The molecular weight excluding hydrogens is 751 g/mol. The van der Waals surface area contributed by atoms with Crippen LogP contribution in [-0.2, 0) is 0 Å². The fraction of sp³-hybridized carbons (Fsp3) is 0. The maximum atomic E-state index is 4.98. The molecule has 0 saturated heterocycles. The fourth-order valence-corrected chi connectivity index (χ4v) is 10.0. The Morgan fingerprint density at radius 2 is 0.597 bits per heavy atom. The van der Waals surface area contributed by atoms with Crippen LogP contribution in [0, 0.1) is 0 Å². The van der Waals surface area contributed by atoms with E-state index in [1.54, 1.807) is 0 Å². The molecule has 0 aliphatic heterocycles. The molecule has 0 bridgehead atoms. The Bertz CT molecular complexity index is 3840. The third-order valence-electron chi connectivity index (χ3n) is 12.8. The van der Waals surface area contributed by atoms with Crippen LogP contribution in [0.1, 0.15) is 0 Å². The molecule has 62 heavy (non-hydrogen) atoms. The van der Waals surface area contributed by atoms with Gasteiger partial charge in [0.15, 0.2) is 17.5 Å². The molecule has 0 unspecified atom stereocenters. The first-order valence-electron chi connectivity index (χ1n) is 21.2. The topological polar surface area (TPSA) is 38.7 Å². The quantitative estimate of drug-likeness (QED) is 0.163. The molecule has 1 aromatic heterocycles. The van der Waals surface area contributed by atoms with E-state index < -0.39 is 0 Å². The molecule has 3 heteroatoms. The van der Waals surface area contributed by atoms with E-state index in [1.807, 2.05) is 60.7 Å². The Morgan fingerprint density at radius 1 is 0.210 bits per heavy atom. The van der Waals surface area contributed by atoms with Gasteiger partial charge in [-0.15, -0.1) is 0 Å². The average molecular weight is 786 g/mol. The van der Waals surface area contributed by atoms with Gasteiger partial charge in [0.2, 0.25) is 0 Å². The molecule has 286 valence electrons. The molecule has 0 saturated carbocycles. The minimum absolute atomic E-state index is 0.645. The summed E-state index contributed by atoms with van der Waals surface area (Å²) in [5, 5.41) is 17.9. The van der Waals surface area contributed by atoms with E-state index in [1.165, 1.54) is 92.1 Å².